The number of rotatable bonds is 7. The number of para-hydroxylation sites is 1. The summed E-state index contributed by atoms with van der Waals surface area (Å²) >= 11 is 1.35. The molecule has 0 atom stereocenters. The second-order valence-electron chi connectivity index (χ2n) is 6.88. The van der Waals surface area contributed by atoms with Crippen LogP contribution in [0.5, 0.6) is 0 Å². The summed E-state index contributed by atoms with van der Waals surface area (Å²) in [4.78, 5) is 27.8. The molecule has 0 saturated carbocycles. The van der Waals surface area contributed by atoms with Crippen molar-refractivity contribution < 1.29 is 14.3 Å². The quantitative estimate of drug-likeness (QED) is 0.532. The minimum absolute atomic E-state index is 0.276. The average Bonchev–Trinajstić information content (AvgIpc) is 3.15. The number of carbonyl (C=O) groups is 2. The van der Waals surface area contributed by atoms with Gasteiger partial charge in [0.1, 0.15) is 4.88 Å². The number of thiophene rings is 1. The van der Waals surface area contributed by atoms with Crippen molar-refractivity contribution in [1.82, 2.24) is 0 Å². The van der Waals surface area contributed by atoms with Crippen LogP contribution in [-0.4, -0.2) is 24.5 Å². The smallest absolute Gasteiger partial charge is 0.348 e. The topological polar surface area (TPSA) is 58.6 Å². The molecular weight excluding hydrogens is 384 g/mol. The highest BCUT2D eigenvalue weighted by molar-refractivity contribution is 7.13. The molecule has 0 unspecified atom stereocenters. The van der Waals surface area contributed by atoms with Crippen molar-refractivity contribution in [3.8, 4) is 0 Å². The molecule has 1 aromatic heterocycles. The van der Waals surface area contributed by atoms with Gasteiger partial charge in [-0.25, -0.2) is 4.79 Å². The number of benzene rings is 2. The molecule has 0 saturated heterocycles. The van der Waals surface area contributed by atoms with Crippen LogP contribution >= 0.6 is 11.3 Å². The third-order valence-electron chi connectivity index (χ3n) is 4.26. The number of anilines is 3. The summed E-state index contributed by atoms with van der Waals surface area (Å²) < 4.78 is 5.08. The number of nitrogens with zero attached hydrogens (tertiary/aromatic N) is 1. The van der Waals surface area contributed by atoms with Gasteiger partial charge in [0.25, 0.3) is 5.91 Å². The van der Waals surface area contributed by atoms with Crippen LogP contribution in [0.4, 0.5) is 17.1 Å². The number of esters is 1. The molecule has 1 N–H and O–H groups in total. The van der Waals surface area contributed by atoms with E-state index < -0.39 is 5.97 Å². The van der Waals surface area contributed by atoms with Crippen LogP contribution in [0.1, 0.15) is 28.4 Å². The summed E-state index contributed by atoms with van der Waals surface area (Å²) in [6.45, 7) is 5.86. The van der Waals surface area contributed by atoms with Gasteiger partial charge in [-0.1, -0.05) is 18.2 Å². The highest BCUT2D eigenvalue weighted by atomic mass is 32.1. The molecule has 1 amide bonds. The number of amides is 1. The van der Waals surface area contributed by atoms with Gasteiger partial charge < -0.3 is 15.0 Å². The Labute approximate surface area is 174 Å². The number of aryl methyl sites for hydroxylation is 1. The van der Waals surface area contributed by atoms with Crippen molar-refractivity contribution >= 4 is 40.3 Å². The second-order valence-corrected chi connectivity index (χ2v) is 8.17. The van der Waals surface area contributed by atoms with Gasteiger partial charge in [-0.05, 0) is 69.3 Å². The lowest BCUT2D eigenvalue weighted by molar-refractivity contribution is -0.119. The van der Waals surface area contributed by atoms with Crippen LogP contribution in [0.25, 0.3) is 0 Å². The lowest BCUT2D eigenvalue weighted by atomic mass is 10.2. The SMILES string of the molecule is Cc1ccc(C(=O)OCC(=O)Nc2ccc(N(c3ccccc3)C(C)C)cc2)s1. The average molecular weight is 409 g/mol. The van der Waals surface area contributed by atoms with Gasteiger partial charge in [0.15, 0.2) is 6.61 Å². The second kappa shape index (κ2) is 9.39. The Balaban J connectivity index is 1.59. The predicted molar refractivity (Wildman–Crippen MR) is 118 cm³/mol. The highest BCUT2D eigenvalue weighted by Gasteiger charge is 2.14. The number of ether oxygens (including phenoxy) is 1. The normalized spacial score (nSPS) is 10.6. The Morgan fingerprint density at radius 2 is 1.62 bits per heavy atom. The van der Waals surface area contributed by atoms with E-state index in [0.29, 0.717) is 10.6 Å². The van der Waals surface area contributed by atoms with Gasteiger partial charge in [0.2, 0.25) is 0 Å². The van der Waals surface area contributed by atoms with Crippen molar-refractivity contribution in [3.63, 3.8) is 0 Å². The maximum absolute atomic E-state index is 12.1. The predicted octanol–water partition coefficient (Wildman–Crippen LogP) is 5.40. The lowest BCUT2D eigenvalue weighted by Gasteiger charge is -2.29. The van der Waals surface area contributed by atoms with Gasteiger partial charge in [-0.15, -0.1) is 11.3 Å². The summed E-state index contributed by atoms with van der Waals surface area (Å²) in [6, 6.07) is 21.6. The molecule has 0 aliphatic rings. The van der Waals surface area contributed by atoms with Crippen LogP contribution in [-0.2, 0) is 9.53 Å². The van der Waals surface area contributed by atoms with E-state index in [-0.39, 0.29) is 18.6 Å². The summed E-state index contributed by atoms with van der Waals surface area (Å²) in [5.41, 5.74) is 2.79. The fourth-order valence-corrected chi connectivity index (χ4v) is 3.74. The molecule has 0 bridgehead atoms. The molecule has 3 aromatic rings. The van der Waals surface area contributed by atoms with Crippen LogP contribution in [0.3, 0.4) is 0 Å². The first-order chi connectivity index (χ1) is 13.9. The zero-order chi connectivity index (χ0) is 20.8. The van der Waals surface area contributed by atoms with Crippen molar-refractivity contribution in [3.05, 3.63) is 76.5 Å². The van der Waals surface area contributed by atoms with E-state index in [1.165, 1.54) is 11.3 Å². The largest absolute Gasteiger partial charge is 0.451 e. The number of hydrogen-bond acceptors (Lipinski definition) is 5. The van der Waals surface area contributed by atoms with E-state index in [0.717, 1.165) is 16.3 Å². The first-order valence-corrected chi connectivity index (χ1v) is 10.2. The molecule has 2 aromatic carbocycles. The van der Waals surface area contributed by atoms with Gasteiger partial charge in [0, 0.05) is 28.0 Å². The van der Waals surface area contributed by atoms with Crippen molar-refractivity contribution in [2.45, 2.75) is 26.8 Å². The number of carbonyl (C=O) groups excluding carboxylic acids is 2. The molecule has 29 heavy (non-hydrogen) atoms. The Kier molecular flexibility index (Phi) is 6.67. The van der Waals surface area contributed by atoms with Gasteiger partial charge in [-0.3, -0.25) is 4.79 Å². The van der Waals surface area contributed by atoms with E-state index >= 15 is 0 Å². The molecule has 0 spiro atoms. The Morgan fingerprint density at radius 3 is 2.21 bits per heavy atom. The van der Waals surface area contributed by atoms with Crippen molar-refractivity contribution in [2.24, 2.45) is 0 Å². The fourth-order valence-electron chi connectivity index (χ4n) is 2.98. The van der Waals surface area contributed by atoms with Crippen LogP contribution in [0, 0.1) is 6.92 Å². The van der Waals surface area contributed by atoms with E-state index in [1.807, 2.05) is 55.5 Å². The molecule has 0 aliphatic heterocycles. The maximum Gasteiger partial charge on any atom is 0.348 e. The molecular formula is C23H24N2O3S. The maximum atomic E-state index is 12.1. The Morgan fingerprint density at radius 1 is 0.966 bits per heavy atom. The molecule has 0 fully saturated rings. The van der Waals surface area contributed by atoms with E-state index in [1.54, 1.807) is 6.07 Å². The fraction of sp³-hybridized carbons (Fsp3) is 0.217. The van der Waals surface area contributed by atoms with Gasteiger partial charge in [-0.2, -0.15) is 0 Å². The first-order valence-electron chi connectivity index (χ1n) is 9.42. The van der Waals surface area contributed by atoms with Crippen molar-refractivity contribution in [1.29, 1.82) is 0 Å². The molecule has 0 aliphatic carbocycles. The van der Waals surface area contributed by atoms with Crippen molar-refractivity contribution in [2.75, 3.05) is 16.8 Å². The monoisotopic (exact) mass is 408 g/mol. The molecule has 3 rings (SSSR count). The van der Waals surface area contributed by atoms with Crippen LogP contribution < -0.4 is 10.2 Å². The summed E-state index contributed by atoms with van der Waals surface area (Å²) in [5, 5.41) is 2.76. The minimum atomic E-state index is -0.482. The van der Waals surface area contributed by atoms with Gasteiger partial charge in [0.05, 0.1) is 0 Å². The summed E-state index contributed by atoms with van der Waals surface area (Å²) in [6.07, 6.45) is 0. The third kappa shape index (κ3) is 5.45. The Bertz CT molecular complexity index is 965. The Hall–Kier alpha value is -3.12. The molecule has 5 nitrogen and oxygen atoms in total. The lowest BCUT2D eigenvalue weighted by Crippen LogP contribution is -2.25. The zero-order valence-corrected chi connectivity index (χ0v) is 17.5. The first kappa shape index (κ1) is 20.6. The summed E-state index contributed by atoms with van der Waals surface area (Å²) in [5.74, 6) is -0.854. The van der Waals surface area contributed by atoms with Gasteiger partial charge >= 0.3 is 5.97 Å². The third-order valence-corrected chi connectivity index (χ3v) is 5.24. The molecule has 150 valence electrons. The van der Waals surface area contributed by atoms with Crippen LogP contribution in [0.2, 0.25) is 0 Å². The zero-order valence-electron chi connectivity index (χ0n) is 16.7. The number of nitrogens with one attached hydrogen (secondary N) is 1. The summed E-state index contributed by atoms with van der Waals surface area (Å²) in [7, 11) is 0. The highest BCUT2D eigenvalue weighted by Crippen LogP contribution is 2.28. The standard InChI is InChI=1S/C23H24N2O3S/c1-16(2)25(19-7-5-4-6-8-19)20-12-10-18(11-13-20)24-22(26)15-28-23(27)21-14-9-17(3)29-21/h4-14,16H,15H2,1-3H3,(H,24,26). The van der Waals surface area contributed by atoms with E-state index in [2.05, 4.69) is 36.2 Å². The van der Waals surface area contributed by atoms with E-state index in [9.17, 15) is 9.59 Å². The molecule has 6 heteroatoms. The molecule has 1 heterocycles. The molecule has 0 radical (unpaired) electrons. The van der Waals surface area contributed by atoms with Crippen LogP contribution in [0.15, 0.2) is 66.7 Å². The minimum Gasteiger partial charge on any atom is -0.451 e. The number of hydrogen-bond donors (Lipinski definition) is 1. The van der Waals surface area contributed by atoms with E-state index in [4.69, 9.17) is 4.74 Å².